The van der Waals surface area contributed by atoms with E-state index in [0.717, 1.165) is 11.3 Å². The number of H-pyrrole nitrogens is 1. The number of amides is 1. The summed E-state index contributed by atoms with van der Waals surface area (Å²) in [7, 11) is 0. The molecule has 6 heteroatoms. The molecule has 2 rings (SSSR count). The van der Waals surface area contributed by atoms with Crippen molar-refractivity contribution in [1.29, 1.82) is 0 Å². The molecule has 2 heterocycles. The van der Waals surface area contributed by atoms with Crippen LogP contribution in [0.2, 0.25) is 0 Å². The second-order valence-corrected chi connectivity index (χ2v) is 5.86. The third kappa shape index (κ3) is 3.00. The zero-order valence-corrected chi connectivity index (χ0v) is 13.0. The van der Waals surface area contributed by atoms with Gasteiger partial charge in [0.25, 0.3) is 5.91 Å². The SMILES string of the molecule is CCC(NC(=O)c1c(C)[nH]c(C(=O)O)c1C)c1cccs1. The lowest BCUT2D eigenvalue weighted by molar-refractivity contribution is 0.0690. The number of aryl methyl sites for hydroxylation is 1. The normalized spacial score (nSPS) is 12.1. The molecule has 1 atom stereocenters. The first-order valence-corrected chi connectivity index (χ1v) is 7.60. The summed E-state index contributed by atoms with van der Waals surface area (Å²) in [4.78, 5) is 27.4. The number of hydrogen-bond donors (Lipinski definition) is 3. The first-order chi connectivity index (χ1) is 9.95. The summed E-state index contributed by atoms with van der Waals surface area (Å²) >= 11 is 1.59. The lowest BCUT2D eigenvalue weighted by atomic mass is 10.1. The van der Waals surface area contributed by atoms with Gasteiger partial charge in [-0.25, -0.2) is 4.79 Å². The fourth-order valence-electron chi connectivity index (χ4n) is 2.40. The maximum absolute atomic E-state index is 12.5. The maximum Gasteiger partial charge on any atom is 0.352 e. The van der Waals surface area contributed by atoms with Crippen molar-refractivity contribution in [1.82, 2.24) is 10.3 Å². The topological polar surface area (TPSA) is 82.2 Å². The van der Waals surface area contributed by atoms with Crippen LogP contribution in [0.1, 0.15) is 56.4 Å². The van der Waals surface area contributed by atoms with Crippen LogP contribution in [0.15, 0.2) is 17.5 Å². The quantitative estimate of drug-likeness (QED) is 0.793. The van der Waals surface area contributed by atoms with E-state index in [0.29, 0.717) is 16.8 Å². The first-order valence-electron chi connectivity index (χ1n) is 6.72. The van der Waals surface area contributed by atoms with Crippen molar-refractivity contribution in [2.75, 3.05) is 0 Å². The van der Waals surface area contributed by atoms with Gasteiger partial charge in [-0.3, -0.25) is 4.79 Å². The van der Waals surface area contributed by atoms with Gasteiger partial charge in [-0.1, -0.05) is 13.0 Å². The summed E-state index contributed by atoms with van der Waals surface area (Å²) in [6, 6.07) is 3.88. The number of thiophene rings is 1. The number of carbonyl (C=O) groups is 2. The molecule has 0 bridgehead atoms. The average Bonchev–Trinajstić information content (AvgIpc) is 3.04. The summed E-state index contributed by atoms with van der Waals surface area (Å²) in [5.41, 5.74) is 1.53. The van der Waals surface area contributed by atoms with Gasteiger partial charge in [0.05, 0.1) is 11.6 Å². The van der Waals surface area contributed by atoms with E-state index in [1.807, 2.05) is 24.4 Å². The fraction of sp³-hybridized carbons (Fsp3) is 0.333. The van der Waals surface area contributed by atoms with Crippen LogP contribution in [0.25, 0.3) is 0 Å². The predicted octanol–water partition coefficient (Wildman–Crippen LogP) is 3.27. The van der Waals surface area contributed by atoms with Crippen molar-refractivity contribution in [3.63, 3.8) is 0 Å². The summed E-state index contributed by atoms with van der Waals surface area (Å²) < 4.78 is 0. The average molecular weight is 306 g/mol. The number of carboxylic acids is 1. The number of rotatable bonds is 5. The lowest BCUT2D eigenvalue weighted by Crippen LogP contribution is -2.28. The Morgan fingerprint density at radius 1 is 1.43 bits per heavy atom. The second-order valence-electron chi connectivity index (χ2n) is 4.88. The van der Waals surface area contributed by atoms with Crippen LogP contribution >= 0.6 is 11.3 Å². The highest BCUT2D eigenvalue weighted by molar-refractivity contribution is 7.10. The molecule has 1 amide bonds. The zero-order chi connectivity index (χ0) is 15.6. The number of nitrogens with one attached hydrogen (secondary N) is 2. The molecule has 0 fully saturated rings. The predicted molar refractivity (Wildman–Crippen MR) is 82.0 cm³/mol. The van der Waals surface area contributed by atoms with E-state index in [1.165, 1.54) is 0 Å². The van der Waals surface area contributed by atoms with Crippen molar-refractivity contribution < 1.29 is 14.7 Å². The van der Waals surface area contributed by atoms with Gasteiger partial charge in [0.15, 0.2) is 0 Å². The van der Waals surface area contributed by atoms with E-state index >= 15 is 0 Å². The first kappa shape index (κ1) is 15.3. The van der Waals surface area contributed by atoms with Gasteiger partial charge in [0, 0.05) is 10.6 Å². The highest BCUT2D eigenvalue weighted by atomic mass is 32.1. The smallest absolute Gasteiger partial charge is 0.352 e. The highest BCUT2D eigenvalue weighted by Crippen LogP contribution is 2.24. The Morgan fingerprint density at radius 2 is 2.14 bits per heavy atom. The van der Waals surface area contributed by atoms with E-state index in [2.05, 4.69) is 10.3 Å². The van der Waals surface area contributed by atoms with Gasteiger partial charge in [0.2, 0.25) is 0 Å². The molecular weight excluding hydrogens is 288 g/mol. The molecule has 0 aliphatic carbocycles. The third-order valence-electron chi connectivity index (χ3n) is 3.48. The highest BCUT2D eigenvalue weighted by Gasteiger charge is 2.23. The van der Waals surface area contributed by atoms with Crippen LogP contribution in [0, 0.1) is 13.8 Å². The van der Waals surface area contributed by atoms with Gasteiger partial charge < -0.3 is 15.4 Å². The van der Waals surface area contributed by atoms with Gasteiger partial charge in [0.1, 0.15) is 5.69 Å². The van der Waals surface area contributed by atoms with Crippen LogP contribution in [0.4, 0.5) is 0 Å². The van der Waals surface area contributed by atoms with Gasteiger partial charge in [-0.15, -0.1) is 11.3 Å². The molecule has 0 aliphatic heterocycles. The lowest BCUT2D eigenvalue weighted by Gasteiger charge is -2.15. The molecule has 0 spiro atoms. The molecular formula is C15H18N2O3S. The molecule has 0 saturated carbocycles. The molecule has 5 nitrogen and oxygen atoms in total. The monoisotopic (exact) mass is 306 g/mol. The number of carboxylic acid groups (broad SMARTS) is 1. The Kier molecular flexibility index (Phi) is 4.47. The minimum atomic E-state index is -1.06. The molecule has 2 aromatic rings. The number of aromatic carboxylic acids is 1. The molecule has 0 saturated heterocycles. The number of aromatic amines is 1. The van der Waals surface area contributed by atoms with Gasteiger partial charge in [-0.2, -0.15) is 0 Å². The molecule has 21 heavy (non-hydrogen) atoms. The summed E-state index contributed by atoms with van der Waals surface area (Å²) in [6.45, 7) is 5.36. The Morgan fingerprint density at radius 3 is 2.62 bits per heavy atom. The van der Waals surface area contributed by atoms with Crippen molar-refractivity contribution in [2.24, 2.45) is 0 Å². The molecule has 3 N–H and O–H groups in total. The van der Waals surface area contributed by atoms with E-state index in [4.69, 9.17) is 5.11 Å². The summed E-state index contributed by atoms with van der Waals surface area (Å²) in [5.74, 6) is -1.30. The molecule has 2 aromatic heterocycles. The van der Waals surface area contributed by atoms with Crippen LogP contribution in [-0.4, -0.2) is 22.0 Å². The van der Waals surface area contributed by atoms with Crippen LogP contribution in [0.5, 0.6) is 0 Å². The number of aromatic nitrogens is 1. The van der Waals surface area contributed by atoms with Crippen LogP contribution < -0.4 is 5.32 Å². The Bertz CT molecular complexity index is 659. The molecule has 1 unspecified atom stereocenters. The fourth-order valence-corrected chi connectivity index (χ4v) is 3.26. The Labute approximate surface area is 127 Å². The Balaban J connectivity index is 2.26. The van der Waals surface area contributed by atoms with E-state index < -0.39 is 5.97 Å². The summed E-state index contributed by atoms with van der Waals surface area (Å²) in [5, 5.41) is 14.1. The third-order valence-corrected chi connectivity index (χ3v) is 4.46. The minimum Gasteiger partial charge on any atom is -0.477 e. The molecule has 0 aliphatic rings. The molecule has 0 radical (unpaired) electrons. The largest absolute Gasteiger partial charge is 0.477 e. The molecule has 112 valence electrons. The van der Waals surface area contributed by atoms with Crippen LogP contribution in [0.3, 0.4) is 0 Å². The summed E-state index contributed by atoms with van der Waals surface area (Å²) in [6.07, 6.45) is 0.778. The van der Waals surface area contributed by atoms with E-state index in [-0.39, 0.29) is 17.6 Å². The zero-order valence-electron chi connectivity index (χ0n) is 12.2. The molecule has 0 aromatic carbocycles. The van der Waals surface area contributed by atoms with Crippen molar-refractivity contribution in [2.45, 2.75) is 33.2 Å². The van der Waals surface area contributed by atoms with Gasteiger partial charge >= 0.3 is 5.97 Å². The van der Waals surface area contributed by atoms with Crippen molar-refractivity contribution >= 4 is 23.2 Å². The van der Waals surface area contributed by atoms with Crippen LogP contribution in [-0.2, 0) is 0 Å². The van der Waals surface area contributed by atoms with E-state index in [1.54, 1.807) is 25.2 Å². The number of hydrogen-bond acceptors (Lipinski definition) is 3. The van der Waals surface area contributed by atoms with Crippen molar-refractivity contribution in [3.05, 3.63) is 44.9 Å². The number of carbonyl (C=O) groups excluding carboxylic acids is 1. The maximum atomic E-state index is 12.5. The van der Waals surface area contributed by atoms with Crippen molar-refractivity contribution in [3.8, 4) is 0 Å². The van der Waals surface area contributed by atoms with Gasteiger partial charge in [-0.05, 0) is 37.3 Å². The Hall–Kier alpha value is -2.08. The second kappa shape index (κ2) is 6.13. The standard InChI is InChI=1S/C15H18N2O3S/c1-4-10(11-6-5-7-21-11)17-14(18)12-8(2)13(15(19)20)16-9(12)3/h5-7,10,16H,4H2,1-3H3,(H,17,18)(H,19,20). The minimum absolute atomic E-state index is 0.0560. The van der Waals surface area contributed by atoms with E-state index in [9.17, 15) is 9.59 Å².